The number of rotatable bonds is 1. The first kappa shape index (κ1) is 37.0. The molecule has 0 N–H and O–H groups in total. The van der Waals surface area contributed by atoms with Crippen LogP contribution in [0.4, 0.5) is 0 Å². The summed E-state index contributed by atoms with van der Waals surface area (Å²) in [6.07, 6.45) is 2.64. The van der Waals surface area contributed by atoms with Gasteiger partial charge in [-0.25, -0.2) is 0 Å². The van der Waals surface area contributed by atoms with Gasteiger partial charge in [0.25, 0.3) is 0 Å². The third kappa shape index (κ3) is 87100. The minimum Gasteiger partial charge on any atom is -0.550 e. The predicted molar refractivity (Wildman–Crippen MR) is 63.3 cm³/mol. The maximum Gasteiger partial charge on any atom is 4.00 e. The van der Waals surface area contributed by atoms with Crippen LogP contribution in [0.5, 0.6) is 0 Å². The summed E-state index contributed by atoms with van der Waals surface area (Å²) < 4.78 is 0. The van der Waals surface area contributed by atoms with E-state index in [-0.39, 0.29) is 41.7 Å². The zero-order valence-electron chi connectivity index (χ0n) is 13.2. The zero-order chi connectivity index (χ0) is 17.7. The number of hydrogen-bond acceptors (Lipinski definition) is 8. The van der Waals surface area contributed by atoms with Crippen LogP contribution in [0.15, 0.2) is 0 Å². The van der Waals surface area contributed by atoms with Crippen LogP contribution in [0.1, 0.15) is 54.4 Å². The van der Waals surface area contributed by atoms with Crippen LogP contribution < -0.4 is 20.4 Å². The molecule has 0 spiro atoms. The third-order valence-electron chi connectivity index (χ3n) is 0.500. The van der Waals surface area contributed by atoms with E-state index in [9.17, 15) is 0 Å². The molecule has 0 saturated heterocycles. The molecule has 0 aromatic heterocycles. The maximum absolute atomic E-state index is 8.89. The smallest absolute Gasteiger partial charge is 0.550 e. The number of hydrogen-bond donors (Lipinski definition) is 0. The number of aliphatic carboxylic acids is 4. The van der Waals surface area contributed by atoms with Crippen LogP contribution in [0, 0.1) is 41.7 Å². The molecule has 0 amide bonds. The number of unbranched alkanes of at least 4 members (excludes halogenated alkanes) is 1. The van der Waals surface area contributed by atoms with E-state index in [0.717, 1.165) is 27.7 Å². The van der Waals surface area contributed by atoms with E-state index < -0.39 is 23.9 Å². The molecule has 0 aromatic carbocycles. The molecule has 0 aliphatic rings. The molecule has 0 atom stereocenters. The minimum absolute atomic E-state index is 0. The Kier molecular flexibility index (Phi) is 64.3. The van der Waals surface area contributed by atoms with Gasteiger partial charge in [-0.3, -0.25) is 0 Å². The van der Waals surface area contributed by atoms with Gasteiger partial charge in [-0.15, -0.1) is 0 Å². The van der Waals surface area contributed by atoms with Crippen molar-refractivity contribution in [2.45, 2.75) is 54.4 Å². The number of carboxylic acids is 4. The van der Waals surface area contributed by atoms with E-state index >= 15 is 0 Å². The molecule has 0 bridgehead atoms. The fourth-order valence-corrected chi connectivity index (χ4v) is 0. The van der Waals surface area contributed by atoms with E-state index in [1.54, 1.807) is 0 Å². The summed E-state index contributed by atoms with van der Waals surface area (Å²) in [5, 5.41) is 35.6. The van der Waals surface area contributed by atoms with E-state index in [0.29, 0.717) is 0 Å². The van der Waals surface area contributed by atoms with Crippen molar-refractivity contribution in [1.82, 2.24) is 0 Å². The third-order valence-corrected chi connectivity index (χ3v) is 0.500. The standard InChI is InChI=1S/C4H10.4C2H4O2.Ce/c1-3-4-2;4*1-2(3)4;/h3-4H2,1-2H3;4*1H3,(H,3,4);/q;;;;;+4/p-4. The zero-order valence-corrected chi connectivity index (χ0v) is 16.3. The number of carbonyl (C=O) groups is 4. The average molecular weight is 434 g/mol. The van der Waals surface area contributed by atoms with Crippen molar-refractivity contribution in [1.29, 1.82) is 0 Å². The minimum atomic E-state index is -1.08. The molecule has 0 aliphatic carbocycles. The average Bonchev–Trinajstić information content (AvgIpc) is 2.13. The van der Waals surface area contributed by atoms with E-state index in [1.807, 2.05) is 0 Å². The second kappa shape index (κ2) is 36.5. The largest absolute Gasteiger partial charge is 4.00 e. The summed E-state index contributed by atoms with van der Waals surface area (Å²) in [7, 11) is 0. The SMILES string of the molecule is CC(=O)[O-].CC(=O)[O-].CC(=O)[O-].CC(=O)[O-].CCCC.[Ce+4]. The topological polar surface area (TPSA) is 161 Å². The van der Waals surface area contributed by atoms with Gasteiger partial charge in [0.1, 0.15) is 0 Å². The van der Waals surface area contributed by atoms with Crippen LogP contribution >= 0.6 is 0 Å². The molecular weight excluding hydrogens is 412 g/mol. The van der Waals surface area contributed by atoms with Crippen molar-refractivity contribution in [2.75, 3.05) is 0 Å². The van der Waals surface area contributed by atoms with Gasteiger partial charge in [-0.1, -0.05) is 26.7 Å². The van der Waals surface area contributed by atoms with Gasteiger partial charge in [-0.2, -0.15) is 0 Å². The van der Waals surface area contributed by atoms with E-state index in [4.69, 9.17) is 39.6 Å². The molecule has 0 heterocycles. The van der Waals surface area contributed by atoms with Crippen molar-refractivity contribution in [2.24, 2.45) is 0 Å². The molecule has 9 heteroatoms. The van der Waals surface area contributed by atoms with Crippen LogP contribution in [-0.4, -0.2) is 23.9 Å². The molecule has 0 saturated carbocycles. The monoisotopic (exact) mass is 434 g/mol. The van der Waals surface area contributed by atoms with Gasteiger partial charge < -0.3 is 39.6 Å². The molecule has 8 nitrogen and oxygen atoms in total. The molecular formula is C12H22CeO8. The Balaban J connectivity index is -0.0000000331. The Morgan fingerprint density at radius 2 is 0.619 bits per heavy atom. The van der Waals surface area contributed by atoms with Gasteiger partial charge in [-0.05, 0) is 27.7 Å². The Morgan fingerprint density at radius 1 is 0.571 bits per heavy atom. The molecule has 0 unspecified atom stereocenters. The Morgan fingerprint density at radius 3 is 0.619 bits per heavy atom. The Bertz CT molecular complexity index is 188. The summed E-state index contributed by atoms with van der Waals surface area (Å²) in [4.78, 5) is 35.6. The van der Waals surface area contributed by atoms with Crippen molar-refractivity contribution in [3.05, 3.63) is 0 Å². The second-order valence-electron chi connectivity index (χ2n) is 2.97. The molecule has 0 aliphatic heterocycles. The van der Waals surface area contributed by atoms with Crippen LogP contribution in [0.25, 0.3) is 0 Å². The number of carboxylic acid groups (broad SMARTS) is 4. The van der Waals surface area contributed by atoms with Crippen LogP contribution in [-0.2, 0) is 19.2 Å². The van der Waals surface area contributed by atoms with Gasteiger partial charge in [0, 0.05) is 23.9 Å². The molecule has 21 heavy (non-hydrogen) atoms. The summed E-state index contributed by atoms with van der Waals surface area (Å²) in [6.45, 7) is 8.25. The Hall–Kier alpha value is -0.743. The summed E-state index contributed by atoms with van der Waals surface area (Å²) >= 11 is 0. The van der Waals surface area contributed by atoms with E-state index in [2.05, 4.69) is 13.8 Å². The molecule has 122 valence electrons. The van der Waals surface area contributed by atoms with E-state index in [1.165, 1.54) is 12.8 Å². The fourth-order valence-electron chi connectivity index (χ4n) is 0. The van der Waals surface area contributed by atoms with Crippen LogP contribution in [0.2, 0.25) is 0 Å². The number of carbonyl (C=O) groups excluding carboxylic acids is 4. The summed E-state index contributed by atoms with van der Waals surface area (Å²) in [5.74, 6) is -4.33. The van der Waals surface area contributed by atoms with Crippen molar-refractivity contribution in [3.8, 4) is 0 Å². The van der Waals surface area contributed by atoms with Crippen molar-refractivity contribution >= 4 is 23.9 Å². The molecule has 0 aromatic rings. The fraction of sp³-hybridized carbons (Fsp3) is 0.667. The molecule has 0 fully saturated rings. The normalized spacial score (nSPS) is 6.19. The van der Waals surface area contributed by atoms with Gasteiger partial charge in [0.15, 0.2) is 0 Å². The van der Waals surface area contributed by atoms with Gasteiger partial charge in [0.05, 0.1) is 0 Å². The quantitative estimate of drug-likeness (QED) is 0.418. The predicted octanol–water partition coefficient (Wildman–Crippen LogP) is -3.17. The van der Waals surface area contributed by atoms with Crippen molar-refractivity contribution < 1.29 is 81.4 Å². The molecule has 0 rings (SSSR count). The summed E-state index contributed by atoms with van der Waals surface area (Å²) in [5.41, 5.74) is 0. The first-order chi connectivity index (χ1) is 8.84. The van der Waals surface area contributed by atoms with Gasteiger partial charge in [0.2, 0.25) is 0 Å². The Labute approximate surface area is 158 Å². The molecule has 0 radical (unpaired) electrons. The summed E-state index contributed by atoms with van der Waals surface area (Å²) in [6, 6.07) is 0. The first-order valence-corrected chi connectivity index (χ1v) is 5.55. The van der Waals surface area contributed by atoms with Crippen molar-refractivity contribution in [3.63, 3.8) is 0 Å². The van der Waals surface area contributed by atoms with Crippen LogP contribution in [0.3, 0.4) is 0 Å². The van der Waals surface area contributed by atoms with Gasteiger partial charge >= 0.3 is 41.7 Å². The maximum atomic E-state index is 8.89. The first-order valence-electron chi connectivity index (χ1n) is 5.55. The second-order valence-corrected chi connectivity index (χ2v) is 2.97.